The summed E-state index contributed by atoms with van der Waals surface area (Å²) in [6.07, 6.45) is 74.2. The van der Waals surface area contributed by atoms with E-state index in [9.17, 15) is 15.0 Å². The van der Waals surface area contributed by atoms with Crippen molar-refractivity contribution in [3.63, 3.8) is 0 Å². The Hall–Kier alpha value is -1.65. The first kappa shape index (κ1) is 60.4. The molecular weight excluding hydrogens is 759 g/mol. The lowest BCUT2D eigenvalue weighted by Crippen LogP contribution is -2.45. The monoisotopic (exact) mass is 868 g/mol. The molecule has 4 nitrogen and oxygen atoms in total. The molecule has 0 saturated heterocycles. The number of aliphatic hydroxyl groups is 2. The molecule has 62 heavy (non-hydrogen) atoms. The second-order valence-corrected chi connectivity index (χ2v) is 19.0. The number of nitrogens with one attached hydrogen (secondary N) is 1. The third-order valence-electron chi connectivity index (χ3n) is 12.8. The average Bonchev–Trinajstić information content (AvgIpc) is 3.28. The van der Waals surface area contributed by atoms with Gasteiger partial charge in [0.15, 0.2) is 0 Å². The van der Waals surface area contributed by atoms with Gasteiger partial charge in [-0.2, -0.15) is 0 Å². The number of hydrogen-bond donors (Lipinski definition) is 3. The Kier molecular flexibility index (Phi) is 52.3. The van der Waals surface area contributed by atoms with Crippen molar-refractivity contribution in [2.24, 2.45) is 0 Å². The summed E-state index contributed by atoms with van der Waals surface area (Å²) in [6, 6.07) is -0.645. The largest absolute Gasteiger partial charge is 0.394 e. The average molecular weight is 869 g/mol. The normalized spacial score (nSPS) is 13.2. The van der Waals surface area contributed by atoms with Gasteiger partial charge in [0, 0.05) is 6.42 Å². The molecule has 0 rings (SSSR count). The van der Waals surface area contributed by atoms with Crippen molar-refractivity contribution in [1.29, 1.82) is 0 Å². The third kappa shape index (κ3) is 49.4. The van der Waals surface area contributed by atoms with Crippen LogP contribution in [0.1, 0.15) is 296 Å². The fourth-order valence-corrected chi connectivity index (χ4v) is 8.50. The van der Waals surface area contributed by atoms with Crippen LogP contribution in [-0.2, 0) is 4.79 Å². The molecule has 0 radical (unpaired) electrons. The summed E-state index contributed by atoms with van der Waals surface area (Å²) in [6.45, 7) is 4.31. The van der Waals surface area contributed by atoms with Crippen molar-refractivity contribution in [2.75, 3.05) is 6.61 Å². The topological polar surface area (TPSA) is 69.6 Å². The van der Waals surface area contributed by atoms with Crippen molar-refractivity contribution in [2.45, 2.75) is 309 Å². The second-order valence-electron chi connectivity index (χ2n) is 19.0. The third-order valence-corrected chi connectivity index (χ3v) is 12.8. The number of amides is 1. The van der Waals surface area contributed by atoms with E-state index in [0.717, 1.165) is 38.5 Å². The number of rotatable bonds is 51. The number of unbranched alkanes of at least 4 members (excludes halogenated alkanes) is 38. The van der Waals surface area contributed by atoms with Crippen molar-refractivity contribution in [1.82, 2.24) is 5.32 Å². The van der Waals surface area contributed by atoms with E-state index in [1.165, 1.54) is 238 Å². The van der Waals surface area contributed by atoms with E-state index in [-0.39, 0.29) is 12.5 Å². The molecule has 2 unspecified atom stereocenters. The Morgan fingerprint density at radius 1 is 0.371 bits per heavy atom. The minimum Gasteiger partial charge on any atom is -0.394 e. The molecule has 0 aromatic carbocycles. The van der Waals surface area contributed by atoms with Gasteiger partial charge in [0.2, 0.25) is 5.91 Å². The molecule has 3 N–H and O–H groups in total. The second kappa shape index (κ2) is 53.7. The van der Waals surface area contributed by atoms with Crippen molar-refractivity contribution >= 4 is 5.91 Å². The zero-order valence-electron chi connectivity index (χ0n) is 41.9. The van der Waals surface area contributed by atoms with E-state index >= 15 is 0 Å². The summed E-state index contributed by atoms with van der Waals surface area (Å²) in [5.74, 6) is -0.0747. The molecule has 2 atom stereocenters. The molecule has 0 aliphatic rings. The molecule has 0 aromatic heterocycles. The van der Waals surface area contributed by atoms with Gasteiger partial charge in [-0.25, -0.2) is 0 Å². The molecule has 0 spiro atoms. The summed E-state index contributed by atoms with van der Waals surface area (Å²) in [7, 11) is 0. The smallest absolute Gasteiger partial charge is 0.220 e. The molecule has 0 aliphatic carbocycles. The first-order chi connectivity index (χ1) is 30.7. The summed E-state index contributed by atoms with van der Waals surface area (Å²) in [5, 5.41) is 23.1. The van der Waals surface area contributed by atoms with Crippen LogP contribution in [0.25, 0.3) is 0 Å². The summed E-state index contributed by atoms with van der Waals surface area (Å²) in [4.78, 5) is 12.5. The number of allylic oxidation sites excluding steroid dienone is 7. The Balaban J connectivity index is 3.49. The molecule has 0 aromatic rings. The zero-order valence-corrected chi connectivity index (χ0v) is 41.9. The molecule has 0 bridgehead atoms. The first-order valence-corrected chi connectivity index (χ1v) is 27.9. The minimum absolute atomic E-state index is 0.0747. The van der Waals surface area contributed by atoms with E-state index in [4.69, 9.17) is 0 Å². The molecule has 0 aliphatic heterocycles. The molecule has 0 fully saturated rings. The highest BCUT2D eigenvalue weighted by Gasteiger charge is 2.18. The van der Waals surface area contributed by atoms with Gasteiger partial charge in [0.1, 0.15) is 0 Å². The maximum absolute atomic E-state index is 12.5. The number of carbonyl (C=O) groups is 1. The van der Waals surface area contributed by atoms with Gasteiger partial charge < -0.3 is 15.5 Å². The Morgan fingerprint density at radius 2 is 0.629 bits per heavy atom. The molecule has 0 heterocycles. The van der Waals surface area contributed by atoms with Crippen LogP contribution in [0.2, 0.25) is 0 Å². The zero-order chi connectivity index (χ0) is 44.9. The van der Waals surface area contributed by atoms with E-state index in [2.05, 4.69) is 55.6 Å². The van der Waals surface area contributed by atoms with Gasteiger partial charge in [0.25, 0.3) is 0 Å². The van der Waals surface area contributed by atoms with Gasteiger partial charge in [-0.15, -0.1) is 0 Å². The lowest BCUT2D eigenvalue weighted by atomic mass is 10.0. The van der Waals surface area contributed by atoms with E-state index < -0.39 is 12.1 Å². The van der Waals surface area contributed by atoms with Crippen LogP contribution in [0.4, 0.5) is 0 Å². The van der Waals surface area contributed by atoms with Gasteiger partial charge >= 0.3 is 0 Å². The Labute approximate surface area is 388 Å². The van der Waals surface area contributed by atoms with Crippen LogP contribution in [0, 0.1) is 0 Å². The van der Waals surface area contributed by atoms with Crippen LogP contribution >= 0.6 is 0 Å². The van der Waals surface area contributed by atoms with Gasteiger partial charge in [-0.3, -0.25) is 4.79 Å². The summed E-state index contributed by atoms with van der Waals surface area (Å²) >= 11 is 0. The maximum atomic E-state index is 12.5. The fraction of sp³-hybridized carbons (Fsp3) is 0.845. The highest BCUT2D eigenvalue weighted by atomic mass is 16.3. The SMILES string of the molecule is CCCCCCCCCC/C=C/CC/C=C/CC/C=C/C(O)C(CO)NC(=O)CCCCCCCCCCCCCCCCCC/C=C\CCCCCCCCCCCCCC. The van der Waals surface area contributed by atoms with Gasteiger partial charge in [-0.05, 0) is 70.6 Å². The van der Waals surface area contributed by atoms with E-state index in [1.807, 2.05) is 6.08 Å². The predicted molar refractivity (Wildman–Crippen MR) is 276 cm³/mol. The Morgan fingerprint density at radius 3 is 0.935 bits per heavy atom. The Bertz CT molecular complexity index is 985. The summed E-state index contributed by atoms with van der Waals surface area (Å²) in [5.41, 5.74) is 0. The number of carbonyl (C=O) groups excluding carboxylic acids is 1. The lowest BCUT2D eigenvalue weighted by Gasteiger charge is -2.19. The molecular formula is C58H109NO3. The van der Waals surface area contributed by atoms with Crippen LogP contribution in [-0.4, -0.2) is 34.9 Å². The van der Waals surface area contributed by atoms with Crippen LogP contribution in [0.5, 0.6) is 0 Å². The predicted octanol–water partition coefficient (Wildman–Crippen LogP) is 18.3. The molecule has 1 amide bonds. The quantitative estimate of drug-likeness (QED) is 0.0421. The minimum atomic E-state index is -0.870. The van der Waals surface area contributed by atoms with Crippen molar-refractivity contribution in [3.05, 3.63) is 48.6 Å². The van der Waals surface area contributed by atoms with Crippen molar-refractivity contribution < 1.29 is 15.0 Å². The highest BCUT2D eigenvalue weighted by Crippen LogP contribution is 2.16. The van der Waals surface area contributed by atoms with E-state index in [1.54, 1.807) is 6.08 Å². The van der Waals surface area contributed by atoms with Crippen LogP contribution in [0.15, 0.2) is 48.6 Å². The lowest BCUT2D eigenvalue weighted by molar-refractivity contribution is -0.123. The van der Waals surface area contributed by atoms with Crippen LogP contribution in [0.3, 0.4) is 0 Å². The van der Waals surface area contributed by atoms with Gasteiger partial charge in [0.05, 0.1) is 18.8 Å². The number of aliphatic hydroxyl groups excluding tert-OH is 2. The molecule has 364 valence electrons. The number of hydrogen-bond acceptors (Lipinski definition) is 3. The van der Waals surface area contributed by atoms with Crippen molar-refractivity contribution in [3.8, 4) is 0 Å². The maximum Gasteiger partial charge on any atom is 0.220 e. The summed E-state index contributed by atoms with van der Waals surface area (Å²) < 4.78 is 0. The van der Waals surface area contributed by atoms with Gasteiger partial charge in [-0.1, -0.05) is 268 Å². The molecule has 0 saturated carbocycles. The first-order valence-electron chi connectivity index (χ1n) is 27.9. The van der Waals surface area contributed by atoms with Crippen LogP contribution < -0.4 is 5.32 Å². The molecule has 4 heteroatoms. The standard InChI is InChI=1S/C58H109NO3/c1-3-5-7-9-11-13-15-17-19-21-23-24-25-26-27-28-29-30-31-32-33-34-35-36-38-40-42-44-46-48-50-52-54-58(62)59-56(55-60)57(61)53-51-49-47-45-43-41-39-37-22-20-18-16-14-12-10-8-6-4-2/h22,26-27,37,43,45,51,53,56-57,60-61H,3-21,23-25,28-36,38-42,44,46-50,52,54-55H2,1-2H3,(H,59,62)/b27-26-,37-22+,45-43+,53-51+. The fourth-order valence-electron chi connectivity index (χ4n) is 8.50. The van der Waals surface area contributed by atoms with E-state index in [0.29, 0.717) is 6.42 Å². The highest BCUT2D eigenvalue weighted by molar-refractivity contribution is 5.76.